The first kappa shape index (κ1) is 11.0. The molecule has 0 aliphatic carbocycles. The van der Waals surface area contributed by atoms with Crippen LogP contribution in [0.5, 0.6) is 0 Å². The summed E-state index contributed by atoms with van der Waals surface area (Å²) in [6.45, 7) is 3.44. The Hall–Kier alpha value is -1.07. The van der Waals surface area contributed by atoms with Gasteiger partial charge in [-0.1, -0.05) is 20.3 Å². The molecule has 0 saturated heterocycles. The second kappa shape index (κ2) is 3.59. The van der Waals surface area contributed by atoms with E-state index in [2.05, 4.69) is 9.73 Å². The van der Waals surface area contributed by atoms with Gasteiger partial charge in [0.05, 0.1) is 0 Å². The summed E-state index contributed by atoms with van der Waals surface area (Å²) >= 11 is 0. The van der Waals surface area contributed by atoms with Crippen LogP contribution in [0.25, 0.3) is 0 Å². The van der Waals surface area contributed by atoms with E-state index in [1.54, 1.807) is 13.8 Å². The van der Waals surface area contributed by atoms with Crippen LogP contribution in [0.4, 0.5) is 13.2 Å². The van der Waals surface area contributed by atoms with E-state index in [9.17, 15) is 18.0 Å². The second-order valence-electron chi connectivity index (χ2n) is 3.18. The van der Waals surface area contributed by atoms with Gasteiger partial charge in [0.15, 0.2) is 6.04 Å². The highest BCUT2D eigenvalue weighted by atomic mass is 19.4. The van der Waals surface area contributed by atoms with Crippen molar-refractivity contribution in [2.24, 2.45) is 10.9 Å². The lowest BCUT2D eigenvalue weighted by atomic mass is 10.0. The fourth-order valence-corrected chi connectivity index (χ4v) is 1.07. The Morgan fingerprint density at radius 2 is 2.14 bits per heavy atom. The molecule has 1 rings (SSSR count). The van der Waals surface area contributed by atoms with Crippen molar-refractivity contribution in [1.82, 2.24) is 0 Å². The van der Waals surface area contributed by atoms with Crippen LogP contribution in [0.2, 0.25) is 0 Å². The minimum atomic E-state index is -4.67. The van der Waals surface area contributed by atoms with Crippen molar-refractivity contribution in [3.8, 4) is 0 Å². The van der Waals surface area contributed by atoms with Gasteiger partial charge in [0.1, 0.15) is 0 Å². The average molecular weight is 209 g/mol. The van der Waals surface area contributed by atoms with Crippen molar-refractivity contribution >= 4 is 11.9 Å². The highest BCUT2D eigenvalue weighted by molar-refractivity contribution is 5.99. The van der Waals surface area contributed by atoms with Crippen molar-refractivity contribution in [2.75, 3.05) is 0 Å². The summed E-state index contributed by atoms with van der Waals surface area (Å²) in [6.07, 6.45) is -4.09. The van der Waals surface area contributed by atoms with Gasteiger partial charge in [-0.25, -0.2) is 9.79 Å². The van der Waals surface area contributed by atoms with Gasteiger partial charge in [0.25, 0.3) is 0 Å². The maximum absolute atomic E-state index is 12.1. The number of nitrogens with zero attached hydrogens (tertiary/aromatic N) is 1. The summed E-state index contributed by atoms with van der Waals surface area (Å²) in [7, 11) is 0. The number of carbonyl (C=O) groups is 1. The smallest absolute Gasteiger partial charge is 0.401 e. The molecule has 2 unspecified atom stereocenters. The predicted molar refractivity (Wildman–Crippen MR) is 42.8 cm³/mol. The molecule has 1 aliphatic heterocycles. The average Bonchev–Trinajstić information content (AvgIpc) is 2.45. The topological polar surface area (TPSA) is 38.7 Å². The fraction of sp³-hybridized carbons (Fsp3) is 0.750. The molecule has 1 aliphatic rings. The molecule has 0 aromatic heterocycles. The van der Waals surface area contributed by atoms with Crippen molar-refractivity contribution in [2.45, 2.75) is 32.5 Å². The number of carbonyl (C=O) groups excluding carboxylic acids is 1. The number of esters is 1. The minimum Gasteiger partial charge on any atom is -0.401 e. The monoisotopic (exact) mass is 209 g/mol. The highest BCUT2D eigenvalue weighted by Crippen LogP contribution is 2.26. The largest absolute Gasteiger partial charge is 0.468 e. The quantitative estimate of drug-likeness (QED) is 0.651. The van der Waals surface area contributed by atoms with Gasteiger partial charge in [0, 0.05) is 0 Å². The number of rotatable bonds is 2. The van der Waals surface area contributed by atoms with Gasteiger partial charge in [-0.15, -0.1) is 0 Å². The molecular weight excluding hydrogens is 199 g/mol. The molecular formula is C8H10F3NO2. The van der Waals surface area contributed by atoms with Crippen molar-refractivity contribution < 1.29 is 22.7 Å². The Kier molecular flexibility index (Phi) is 2.82. The molecule has 80 valence electrons. The first-order chi connectivity index (χ1) is 6.36. The van der Waals surface area contributed by atoms with Crippen LogP contribution in [0, 0.1) is 5.92 Å². The minimum absolute atomic E-state index is 0.234. The van der Waals surface area contributed by atoms with Gasteiger partial charge >= 0.3 is 18.0 Å². The summed E-state index contributed by atoms with van der Waals surface area (Å²) in [5, 5.41) is 0. The molecule has 0 bridgehead atoms. The molecule has 0 spiro atoms. The zero-order valence-corrected chi connectivity index (χ0v) is 7.76. The number of aliphatic imine (C=N–C) groups is 1. The zero-order valence-electron chi connectivity index (χ0n) is 7.76. The van der Waals surface area contributed by atoms with E-state index < -0.39 is 24.1 Å². The van der Waals surface area contributed by atoms with Crippen LogP contribution in [0.3, 0.4) is 0 Å². The fourth-order valence-electron chi connectivity index (χ4n) is 1.07. The SMILES string of the molecule is CCC(C)C1N=C(C(F)(F)F)OC1=O. The summed E-state index contributed by atoms with van der Waals surface area (Å²) < 4.78 is 40.2. The van der Waals surface area contributed by atoms with Crippen molar-refractivity contribution in [1.29, 1.82) is 0 Å². The van der Waals surface area contributed by atoms with Gasteiger partial charge in [0.2, 0.25) is 0 Å². The van der Waals surface area contributed by atoms with Crippen LogP contribution < -0.4 is 0 Å². The third-order valence-corrected chi connectivity index (χ3v) is 2.12. The Balaban J connectivity index is 2.82. The molecule has 14 heavy (non-hydrogen) atoms. The number of ether oxygens (including phenoxy) is 1. The first-order valence-corrected chi connectivity index (χ1v) is 4.23. The standard InChI is InChI=1S/C8H10F3NO2/c1-3-4(2)5-6(13)14-7(12-5)8(9,10)11/h4-5H,3H2,1-2H3. The van der Waals surface area contributed by atoms with Crippen LogP contribution >= 0.6 is 0 Å². The Morgan fingerprint density at radius 3 is 2.50 bits per heavy atom. The Bertz CT molecular complexity index is 272. The predicted octanol–water partition coefficient (Wildman–Crippen LogP) is 1.92. The molecule has 0 aromatic rings. The number of hydrogen-bond acceptors (Lipinski definition) is 3. The lowest BCUT2D eigenvalue weighted by Crippen LogP contribution is -2.25. The Labute approximate surface area is 79.0 Å². The molecule has 6 heteroatoms. The zero-order chi connectivity index (χ0) is 10.9. The number of halogens is 3. The number of hydrogen-bond donors (Lipinski definition) is 0. The van der Waals surface area contributed by atoms with Crippen LogP contribution in [0.15, 0.2) is 4.99 Å². The van der Waals surface area contributed by atoms with E-state index in [1.807, 2.05) is 0 Å². The summed E-state index contributed by atoms with van der Waals surface area (Å²) in [5.41, 5.74) is 0. The molecule has 0 N–H and O–H groups in total. The molecule has 0 fully saturated rings. The number of cyclic esters (lactones) is 1. The summed E-state index contributed by atoms with van der Waals surface area (Å²) in [6, 6.07) is -1.00. The van der Waals surface area contributed by atoms with Crippen LogP contribution in [-0.2, 0) is 9.53 Å². The highest BCUT2D eigenvalue weighted by Gasteiger charge is 2.46. The van der Waals surface area contributed by atoms with Crippen molar-refractivity contribution in [3.63, 3.8) is 0 Å². The molecule has 0 amide bonds. The third kappa shape index (κ3) is 2.05. The van der Waals surface area contributed by atoms with Gasteiger partial charge < -0.3 is 4.74 Å². The summed E-state index contributed by atoms with van der Waals surface area (Å²) in [5.74, 6) is -2.57. The first-order valence-electron chi connectivity index (χ1n) is 4.23. The lowest BCUT2D eigenvalue weighted by Gasteiger charge is -2.09. The molecule has 2 atom stereocenters. The molecule has 3 nitrogen and oxygen atoms in total. The van der Waals surface area contributed by atoms with Crippen LogP contribution in [0.1, 0.15) is 20.3 Å². The van der Waals surface area contributed by atoms with E-state index >= 15 is 0 Å². The van der Waals surface area contributed by atoms with Gasteiger partial charge in [-0.3, -0.25) is 0 Å². The maximum atomic E-state index is 12.1. The van der Waals surface area contributed by atoms with E-state index in [-0.39, 0.29) is 5.92 Å². The third-order valence-electron chi connectivity index (χ3n) is 2.12. The van der Waals surface area contributed by atoms with Crippen molar-refractivity contribution in [3.05, 3.63) is 0 Å². The van der Waals surface area contributed by atoms with Crippen LogP contribution in [-0.4, -0.2) is 24.1 Å². The van der Waals surface area contributed by atoms with E-state index in [0.29, 0.717) is 6.42 Å². The number of alkyl halides is 3. The maximum Gasteiger partial charge on any atom is 0.468 e. The molecule has 0 aromatic carbocycles. The van der Waals surface area contributed by atoms with E-state index in [4.69, 9.17) is 0 Å². The molecule has 0 radical (unpaired) electrons. The van der Waals surface area contributed by atoms with E-state index in [1.165, 1.54) is 0 Å². The second-order valence-corrected chi connectivity index (χ2v) is 3.18. The van der Waals surface area contributed by atoms with Gasteiger partial charge in [-0.2, -0.15) is 13.2 Å². The van der Waals surface area contributed by atoms with E-state index in [0.717, 1.165) is 0 Å². The van der Waals surface area contributed by atoms with Gasteiger partial charge in [-0.05, 0) is 5.92 Å². The summed E-state index contributed by atoms with van der Waals surface area (Å²) in [4.78, 5) is 14.2. The Morgan fingerprint density at radius 1 is 1.57 bits per heavy atom. The molecule has 0 saturated carbocycles. The molecule has 1 heterocycles. The normalized spacial score (nSPS) is 24.5. The lowest BCUT2D eigenvalue weighted by molar-refractivity contribution is -0.140.